The van der Waals surface area contributed by atoms with Gasteiger partial charge in [0.25, 0.3) is 0 Å². The number of aliphatic hydroxyl groups is 14. The number of carbonyl (C=O) groups is 4. The average Bonchev–Trinajstić information content (AvgIpc) is 1.53. The maximum Gasteiger partial charge on any atom is 0.335 e. The number of rotatable bonds is 19. The summed E-state index contributed by atoms with van der Waals surface area (Å²) in [7, 11) is 0. The van der Waals surface area contributed by atoms with Gasteiger partial charge in [-0.3, -0.25) is 4.79 Å². The third-order valence-corrected chi connectivity index (χ3v) is 27.6. The van der Waals surface area contributed by atoms with Crippen LogP contribution in [0.3, 0.4) is 0 Å². The zero-order valence-corrected chi connectivity index (χ0v) is 63.3. The van der Waals surface area contributed by atoms with Crippen molar-refractivity contribution in [1.82, 2.24) is 0 Å². The molecule has 5 saturated carbocycles. The zero-order chi connectivity index (χ0) is 79.6. The Morgan fingerprint density at radius 1 is 0.523 bits per heavy atom. The highest BCUT2D eigenvalue weighted by Gasteiger charge is 2.87. The van der Waals surface area contributed by atoms with E-state index in [0.717, 1.165) is 0 Å². The van der Waals surface area contributed by atoms with Crippen LogP contribution in [0.25, 0.3) is 6.08 Å². The predicted octanol–water partition coefficient (Wildman–Crippen LogP) is -0.767. The van der Waals surface area contributed by atoms with Crippen LogP contribution in [0.2, 0.25) is 0 Å². The Bertz CT molecular complexity index is 3470. The van der Waals surface area contributed by atoms with Gasteiger partial charge < -0.3 is 143 Å². The van der Waals surface area contributed by atoms with E-state index in [0.29, 0.717) is 37.7 Å². The SMILES string of the molecule is CC=C(C)C(=O)O[C@H]1[C@H](OC(=O)C=Cc2ccccc2)[C@@]23[C@@H](CC1(C)C)[C@]1(CC[C@@H]4[C@@]5(C)CC[C@H](O[C@@H]6O[C@H](C(=O)O)[C@@H](O)[C@H](O[C@@H]7O[C@H](CO)[C@H](O)[C@H](O)[C@H]7O[C@@H]7O[C@@H](C)[C@H](O)[C@@H](O)[C@H]7O[C@@H]7O[C@@H](C)[C@H](O)[C@@H](O)[C@H]7O)[C@H]6O[C@@H]6O[C@H](CO)[C@@H](O)[C@H](O)[C@H]6O)C(C)(C)[C@@H]5CC[C@@]4(C)[C@]1(C)C[C@H]2OC(C)=O)O[C@@H]3O. The quantitative estimate of drug-likeness (QED) is 0.0350. The summed E-state index contributed by atoms with van der Waals surface area (Å²) in [6, 6.07) is 9.07. The number of fused-ring (bicyclic) bond motifs is 4. The first-order chi connectivity index (χ1) is 51.1. The molecular formula is C76H112O33. The highest BCUT2D eigenvalue weighted by atomic mass is 16.8. The van der Waals surface area contributed by atoms with Gasteiger partial charge in [0, 0.05) is 35.3 Å². The van der Waals surface area contributed by atoms with E-state index in [9.17, 15) is 95.8 Å². The first kappa shape index (κ1) is 84.0. The molecule has 1 aromatic carbocycles. The minimum Gasteiger partial charge on any atom is -0.479 e. The molecule has 6 heterocycles. The lowest BCUT2D eigenvalue weighted by atomic mass is 9.30. The van der Waals surface area contributed by atoms with Crippen LogP contribution in [0.1, 0.15) is 140 Å². The Morgan fingerprint density at radius 3 is 1.67 bits per heavy atom. The van der Waals surface area contributed by atoms with Crippen molar-refractivity contribution < 1.29 is 162 Å². The van der Waals surface area contributed by atoms with Crippen LogP contribution in [-0.2, 0) is 85.5 Å². The lowest BCUT2D eigenvalue weighted by Crippen LogP contribution is -2.77. The summed E-state index contributed by atoms with van der Waals surface area (Å²) in [6.45, 7) is 19.7. The lowest BCUT2D eigenvalue weighted by Gasteiger charge is -2.75. The lowest BCUT2D eigenvalue weighted by molar-refractivity contribution is -0.412. The molecule has 109 heavy (non-hydrogen) atoms. The number of allylic oxidation sites excluding steroid dienone is 1. The Hall–Kier alpha value is -4.42. The molecule has 1 spiro atoms. The molecule has 12 rings (SSSR count). The normalized spacial score (nSPS) is 50.1. The highest BCUT2D eigenvalue weighted by Crippen LogP contribution is 2.82. The van der Waals surface area contributed by atoms with E-state index in [2.05, 4.69) is 20.8 Å². The first-order valence-corrected chi connectivity index (χ1v) is 37.9. The fraction of sp³-hybridized carbons (Fsp3) is 0.816. The van der Waals surface area contributed by atoms with Crippen molar-refractivity contribution in [3.63, 3.8) is 0 Å². The molecule has 6 saturated heterocycles. The molecule has 33 nitrogen and oxygen atoms in total. The molecule has 6 aliphatic heterocycles. The number of carboxylic acid groups (broad SMARTS) is 1. The molecule has 0 radical (unpaired) electrons. The molecule has 11 fully saturated rings. The van der Waals surface area contributed by atoms with Crippen molar-refractivity contribution in [2.75, 3.05) is 13.2 Å². The van der Waals surface area contributed by atoms with Crippen LogP contribution < -0.4 is 0 Å². The molecule has 11 aliphatic rings. The first-order valence-electron chi connectivity index (χ1n) is 37.9. The summed E-state index contributed by atoms with van der Waals surface area (Å²) < 4.78 is 89.1. The zero-order valence-electron chi connectivity index (χ0n) is 63.3. The summed E-state index contributed by atoms with van der Waals surface area (Å²) in [5, 5.41) is 170. The summed E-state index contributed by atoms with van der Waals surface area (Å²) in [4.78, 5) is 55.9. The van der Waals surface area contributed by atoms with Gasteiger partial charge in [0.2, 0.25) is 0 Å². The van der Waals surface area contributed by atoms with Crippen LogP contribution in [0.4, 0.5) is 0 Å². The van der Waals surface area contributed by atoms with Crippen molar-refractivity contribution in [3.05, 3.63) is 53.6 Å². The summed E-state index contributed by atoms with van der Waals surface area (Å²) in [5.41, 5.74) is -6.00. The van der Waals surface area contributed by atoms with Crippen LogP contribution in [0.5, 0.6) is 0 Å². The molecule has 614 valence electrons. The number of aliphatic hydroxyl groups excluding tert-OH is 14. The Morgan fingerprint density at radius 2 is 1.06 bits per heavy atom. The molecule has 0 amide bonds. The van der Waals surface area contributed by atoms with Crippen molar-refractivity contribution in [1.29, 1.82) is 0 Å². The van der Waals surface area contributed by atoms with Gasteiger partial charge in [-0.2, -0.15) is 0 Å². The van der Waals surface area contributed by atoms with Gasteiger partial charge in [-0.05, 0) is 119 Å². The number of carboxylic acids is 1. The maximum absolute atomic E-state index is 14.5. The summed E-state index contributed by atoms with van der Waals surface area (Å²) in [5.74, 6) is -5.01. The van der Waals surface area contributed by atoms with E-state index in [-0.39, 0.29) is 36.7 Å². The molecular weight excluding hydrogens is 1440 g/mol. The molecule has 1 aromatic rings. The third kappa shape index (κ3) is 14.1. The number of aliphatic carboxylic acids is 1. The molecule has 38 atom stereocenters. The minimum absolute atomic E-state index is 0.119. The van der Waals surface area contributed by atoms with Gasteiger partial charge in [-0.25, -0.2) is 14.4 Å². The van der Waals surface area contributed by atoms with Crippen molar-refractivity contribution in [2.45, 2.75) is 324 Å². The van der Waals surface area contributed by atoms with Gasteiger partial charge >= 0.3 is 23.9 Å². The maximum atomic E-state index is 14.5. The number of esters is 3. The van der Waals surface area contributed by atoms with E-state index >= 15 is 0 Å². The number of hydrogen-bond acceptors (Lipinski definition) is 32. The fourth-order valence-electron chi connectivity index (χ4n) is 21.5. The molecule has 0 aromatic heterocycles. The van der Waals surface area contributed by atoms with Crippen LogP contribution in [0.15, 0.2) is 48.1 Å². The van der Waals surface area contributed by atoms with Crippen LogP contribution >= 0.6 is 0 Å². The minimum atomic E-state index is -2.39. The second-order valence-electron chi connectivity index (χ2n) is 34.2. The van der Waals surface area contributed by atoms with E-state index in [4.69, 9.17) is 66.3 Å². The Labute approximate surface area is 631 Å². The standard InChI is InChI=1S/C76H112O33/c1-13-31(2)63(94)108-60-61(102-43(80)20-19-35-17-15-14-16-18-35)76-40(27-70(60,6)7)75(109-69(76)95)26-22-39-72(10)24-23-41(71(8,9)38(72)21-25-73(39,11)74(75,12)28-42(76)98-34(5)79)101-68-59(107-65-53(90)49(86)46(83)36(29-77)99-65)55(54(91)56(104-68)62(92)93)103-67-58(51(88)47(84)37(30-78)100-67)106-66-57(50(87)45(82)33(4)97-66)105-64-52(89)48(85)44(81)32(3)96-64/h13-20,32-33,36-42,44-61,64-69,77-78,81-91,95H,21-30H2,1-12H3,(H,92,93)/t32-,33-,36+,37+,38-,39+,40-,41-,42+,44-,45-,46+,47-,48+,49-,50+,51-,52+,53+,54-,55-,56-,57+,58+,59+,60-,61-,64-,65-,66-,67-,68+,69-,72-,73+,74-,75-,76+/m0/s1. The number of hydrogen-bond donors (Lipinski definition) is 15. The Kier molecular flexibility index (Phi) is 24.1. The van der Waals surface area contributed by atoms with Crippen molar-refractivity contribution in [2.24, 2.45) is 50.2 Å². The predicted molar refractivity (Wildman–Crippen MR) is 369 cm³/mol. The monoisotopic (exact) mass is 1550 g/mol. The Balaban J connectivity index is 0.872. The smallest absolute Gasteiger partial charge is 0.335 e. The average molecular weight is 1550 g/mol. The van der Waals surface area contributed by atoms with Gasteiger partial charge in [0.1, 0.15) is 121 Å². The molecule has 5 aliphatic carbocycles. The van der Waals surface area contributed by atoms with Gasteiger partial charge in [-0.15, -0.1) is 0 Å². The van der Waals surface area contributed by atoms with E-state index < -0.39 is 265 Å². The fourth-order valence-corrected chi connectivity index (χ4v) is 21.5. The molecule has 33 heteroatoms. The van der Waals surface area contributed by atoms with Crippen molar-refractivity contribution >= 4 is 30.0 Å². The van der Waals surface area contributed by atoms with E-state index in [1.807, 2.05) is 45.9 Å². The van der Waals surface area contributed by atoms with Crippen LogP contribution in [0, 0.1) is 50.2 Å². The van der Waals surface area contributed by atoms with Gasteiger partial charge in [0.05, 0.1) is 37.1 Å². The molecule has 15 N–H and O–H groups in total. The van der Waals surface area contributed by atoms with Gasteiger partial charge in [-0.1, -0.05) is 84.9 Å². The molecule has 2 bridgehead atoms. The summed E-state index contributed by atoms with van der Waals surface area (Å²) in [6.07, 6.45) is -47.7. The van der Waals surface area contributed by atoms with E-state index in [1.54, 1.807) is 38.1 Å². The van der Waals surface area contributed by atoms with Crippen LogP contribution in [-0.4, -0.2) is 304 Å². The third-order valence-electron chi connectivity index (χ3n) is 27.6. The van der Waals surface area contributed by atoms with Gasteiger partial charge in [0.15, 0.2) is 49.9 Å². The second-order valence-corrected chi connectivity index (χ2v) is 34.2. The topological polar surface area (TPSA) is 501 Å². The number of ether oxygens (including phenoxy) is 14. The van der Waals surface area contributed by atoms with Crippen molar-refractivity contribution in [3.8, 4) is 0 Å². The molecule has 0 unspecified atom stereocenters. The number of benzene rings is 1. The summed E-state index contributed by atoms with van der Waals surface area (Å²) >= 11 is 0. The largest absolute Gasteiger partial charge is 0.479 e. The number of carbonyl (C=O) groups excluding carboxylic acids is 3. The second kappa shape index (κ2) is 31.3. The van der Waals surface area contributed by atoms with E-state index in [1.165, 1.54) is 26.8 Å². The highest BCUT2D eigenvalue weighted by molar-refractivity contribution is 5.88.